The number of H-pyrrole nitrogens is 1. The first kappa shape index (κ1) is 15.7. The number of ether oxygens (including phenoxy) is 1. The van der Waals surface area contributed by atoms with Crippen molar-refractivity contribution in [2.75, 3.05) is 11.9 Å². The standard InChI is InChI=1S/C20H27N3O/c1-4-20(2,3)13-7-8-16-15(12-13)18-14(6-5-11-24-18)17(23-16)19-21-9-10-22-19/h7-10,12,14,17-18,23H,4-6,11H2,1-3H3,(H,21,22). The molecule has 1 saturated heterocycles. The monoisotopic (exact) mass is 325 g/mol. The highest BCUT2D eigenvalue weighted by Gasteiger charge is 2.41. The van der Waals surface area contributed by atoms with Crippen molar-refractivity contribution in [1.82, 2.24) is 9.97 Å². The number of aromatic nitrogens is 2. The normalized spacial score (nSPS) is 26.4. The Bertz CT molecular complexity index is 708. The molecular weight excluding hydrogens is 298 g/mol. The van der Waals surface area contributed by atoms with Crippen molar-refractivity contribution >= 4 is 5.69 Å². The zero-order valence-electron chi connectivity index (χ0n) is 14.8. The van der Waals surface area contributed by atoms with E-state index in [1.165, 1.54) is 23.2 Å². The van der Waals surface area contributed by atoms with Crippen LogP contribution in [0.1, 0.15) is 69.1 Å². The van der Waals surface area contributed by atoms with E-state index in [4.69, 9.17) is 4.74 Å². The maximum Gasteiger partial charge on any atom is 0.129 e. The van der Waals surface area contributed by atoms with Gasteiger partial charge in [-0.15, -0.1) is 0 Å². The lowest BCUT2D eigenvalue weighted by molar-refractivity contribution is -0.0389. The fourth-order valence-electron chi connectivity index (χ4n) is 4.01. The second-order valence-electron chi connectivity index (χ2n) is 7.73. The SMILES string of the molecule is CCC(C)(C)c1ccc2c(c1)C1OCCCC1C(c1ncc[nH]1)N2. The Labute approximate surface area is 144 Å². The molecule has 3 unspecified atom stereocenters. The van der Waals surface area contributed by atoms with Crippen LogP contribution in [0.3, 0.4) is 0 Å². The molecule has 24 heavy (non-hydrogen) atoms. The topological polar surface area (TPSA) is 49.9 Å². The second-order valence-corrected chi connectivity index (χ2v) is 7.73. The van der Waals surface area contributed by atoms with Crippen molar-refractivity contribution in [2.45, 2.75) is 57.6 Å². The van der Waals surface area contributed by atoms with E-state index in [-0.39, 0.29) is 17.6 Å². The van der Waals surface area contributed by atoms with Crippen molar-refractivity contribution in [3.8, 4) is 0 Å². The lowest BCUT2D eigenvalue weighted by atomic mass is 9.76. The third-order valence-corrected chi connectivity index (χ3v) is 5.94. The molecule has 0 aliphatic carbocycles. The van der Waals surface area contributed by atoms with Gasteiger partial charge in [-0.1, -0.05) is 32.9 Å². The van der Waals surface area contributed by atoms with E-state index in [0.717, 1.165) is 25.3 Å². The summed E-state index contributed by atoms with van der Waals surface area (Å²) in [5, 5.41) is 3.72. The Morgan fingerprint density at radius 3 is 2.96 bits per heavy atom. The lowest BCUT2D eigenvalue weighted by Crippen LogP contribution is -2.36. The number of hydrogen-bond donors (Lipinski definition) is 2. The molecule has 2 aliphatic rings. The first-order valence-electron chi connectivity index (χ1n) is 9.12. The molecule has 0 radical (unpaired) electrons. The quantitative estimate of drug-likeness (QED) is 0.857. The highest BCUT2D eigenvalue weighted by atomic mass is 16.5. The molecule has 1 fully saturated rings. The average Bonchev–Trinajstić information content (AvgIpc) is 3.15. The van der Waals surface area contributed by atoms with Crippen LogP contribution in [-0.2, 0) is 10.2 Å². The van der Waals surface area contributed by atoms with Crippen LogP contribution in [0, 0.1) is 5.92 Å². The lowest BCUT2D eigenvalue weighted by Gasteiger charge is -2.43. The van der Waals surface area contributed by atoms with Gasteiger partial charge in [-0.25, -0.2) is 4.98 Å². The number of nitrogens with one attached hydrogen (secondary N) is 2. The summed E-state index contributed by atoms with van der Waals surface area (Å²) < 4.78 is 6.26. The van der Waals surface area contributed by atoms with Gasteiger partial charge in [0.2, 0.25) is 0 Å². The number of fused-ring (bicyclic) bond motifs is 3. The van der Waals surface area contributed by atoms with Gasteiger partial charge in [0.25, 0.3) is 0 Å². The maximum absolute atomic E-state index is 6.26. The van der Waals surface area contributed by atoms with Crippen molar-refractivity contribution in [1.29, 1.82) is 0 Å². The highest BCUT2D eigenvalue weighted by Crippen LogP contribution is 2.49. The van der Waals surface area contributed by atoms with Gasteiger partial charge < -0.3 is 15.0 Å². The summed E-state index contributed by atoms with van der Waals surface area (Å²) in [4.78, 5) is 7.79. The summed E-state index contributed by atoms with van der Waals surface area (Å²) in [5.74, 6) is 1.44. The van der Waals surface area contributed by atoms with Crippen molar-refractivity contribution in [3.63, 3.8) is 0 Å². The molecule has 0 bridgehead atoms. The van der Waals surface area contributed by atoms with Crippen LogP contribution < -0.4 is 5.32 Å². The molecular formula is C20H27N3O. The average molecular weight is 325 g/mol. The van der Waals surface area contributed by atoms with E-state index >= 15 is 0 Å². The molecule has 128 valence electrons. The molecule has 0 amide bonds. The Kier molecular flexibility index (Phi) is 3.87. The first-order valence-corrected chi connectivity index (χ1v) is 9.12. The molecule has 3 heterocycles. The summed E-state index contributed by atoms with van der Waals surface area (Å²) in [6.45, 7) is 7.74. The van der Waals surface area contributed by atoms with Gasteiger partial charge in [0.05, 0.1) is 12.1 Å². The minimum absolute atomic E-state index is 0.165. The molecule has 2 aliphatic heterocycles. The third kappa shape index (κ3) is 2.53. The Hall–Kier alpha value is -1.81. The van der Waals surface area contributed by atoms with E-state index in [0.29, 0.717) is 5.92 Å². The van der Waals surface area contributed by atoms with Crippen LogP contribution in [0.5, 0.6) is 0 Å². The molecule has 4 heteroatoms. The van der Waals surface area contributed by atoms with Gasteiger partial charge in [-0.05, 0) is 36.3 Å². The Morgan fingerprint density at radius 2 is 2.21 bits per heavy atom. The van der Waals surface area contributed by atoms with E-state index in [9.17, 15) is 0 Å². The van der Waals surface area contributed by atoms with Crippen LogP contribution in [0.2, 0.25) is 0 Å². The minimum Gasteiger partial charge on any atom is -0.375 e. The molecule has 4 rings (SSSR count). The fraction of sp³-hybridized carbons (Fsp3) is 0.550. The summed E-state index contributed by atoms with van der Waals surface area (Å²) in [6.07, 6.45) is 7.32. The van der Waals surface area contributed by atoms with Gasteiger partial charge >= 0.3 is 0 Å². The number of nitrogens with zero attached hydrogens (tertiary/aromatic N) is 1. The van der Waals surface area contributed by atoms with Crippen LogP contribution in [0.15, 0.2) is 30.6 Å². The highest BCUT2D eigenvalue weighted by molar-refractivity contribution is 5.58. The van der Waals surface area contributed by atoms with Crippen LogP contribution >= 0.6 is 0 Å². The fourth-order valence-corrected chi connectivity index (χ4v) is 4.01. The number of rotatable bonds is 3. The van der Waals surface area contributed by atoms with Crippen LogP contribution in [0.4, 0.5) is 5.69 Å². The molecule has 1 aromatic heterocycles. The van der Waals surface area contributed by atoms with Crippen LogP contribution in [0.25, 0.3) is 0 Å². The van der Waals surface area contributed by atoms with Gasteiger partial charge in [-0.2, -0.15) is 0 Å². The number of hydrogen-bond acceptors (Lipinski definition) is 3. The van der Waals surface area contributed by atoms with Gasteiger partial charge in [-0.3, -0.25) is 0 Å². The van der Waals surface area contributed by atoms with E-state index in [1.807, 2.05) is 12.4 Å². The van der Waals surface area contributed by atoms with Crippen molar-refractivity contribution in [2.24, 2.45) is 5.92 Å². The van der Waals surface area contributed by atoms with Gasteiger partial charge in [0.1, 0.15) is 5.82 Å². The summed E-state index contributed by atoms with van der Waals surface area (Å²) in [5.41, 5.74) is 4.10. The van der Waals surface area contributed by atoms with E-state index in [2.05, 4.69) is 54.3 Å². The Balaban J connectivity index is 1.76. The molecule has 1 aromatic carbocycles. The second kappa shape index (κ2) is 5.92. The molecule has 3 atom stereocenters. The van der Waals surface area contributed by atoms with Crippen LogP contribution in [-0.4, -0.2) is 16.6 Å². The summed E-state index contributed by atoms with van der Waals surface area (Å²) >= 11 is 0. The smallest absolute Gasteiger partial charge is 0.129 e. The summed E-state index contributed by atoms with van der Waals surface area (Å²) in [7, 11) is 0. The maximum atomic E-state index is 6.26. The summed E-state index contributed by atoms with van der Waals surface area (Å²) in [6, 6.07) is 7.06. The zero-order chi connectivity index (χ0) is 16.7. The minimum atomic E-state index is 0.165. The first-order chi connectivity index (χ1) is 11.6. The number of aromatic amines is 1. The molecule has 0 spiro atoms. The van der Waals surface area contributed by atoms with E-state index < -0.39 is 0 Å². The number of imidazole rings is 1. The third-order valence-electron chi connectivity index (χ3n) is 5.94. The molecule has 2 N–H and O–H groups in total. The van der Waals surface area contributed by atoms with Crippen molar-refractivity contribution in [3.05, 3.63) is 47.5 Å². The predicted octanol–water partition coefficient (Wildman–Crippen LogP) is 4.73. The van der Waals surface area contributed by atoms with Gasteiger partial charge in [0.15, 0.2) is 0 Å². The van der Waals surface area contributed by atoms with Crippen molar-refractivity contribution < 1.29 is 4.74 Å². The molecule has 2 aromatic rings. The van der Waals surface area contributed by atoms with Gasteiger partial charge in [0, 0.05) is 36.2 Å². The molecule has 4 nitrogen and oxygen atoms in total. The zero-order valence-corrected chi connectivity index (χ0v) is 14.8. The largest absolute Gasteiger partial charge is 0.375 e. The van der Waals surface area contributed by atoms with E-state index in [1.54, 1.807) is 0 Å². The number of benzene rings is 1. The predicted molar refractivity (Wildman–Crippen MR) is 96.1 cm³/mol. The molecule has 0 saturated carbocycles. The Morgan fingerprint density at radius 1 is 1.33 bits per heavy atom. The number of anilines is 1.